The van der Waals surface area contributed by atoms with E-state index in [4.69, 9.17) is 0 Å². The van der Waals surface area contributed by atoms with E-state index in [-0.39, 0.29) is 17.9 Å². The molecule has 1 heterocycles. The number of alkyl halides is 3. The Morgan fingerprint density at radius 3 is 2.56 bits per heavy atom. The van der Waals surface area contributed by atoms with Gasteiger partial charge in [-0.3, -0.25) is 0 Å². The number of esters is 1. The van der Waals surface area contributed by atoms with Crippen LogP contribution in [-0.2, 0) is 10.9 Å². The summed E-state index contributed by atoms with van der Waals surface area (Å²) in [4.78, 5) is 14.7. The van der Waals surface area contributed by atoms with Crippen LogP contribution in [0.1, 0.15) is 28.5 Å². The van der Waals surface area contributed by atoms with Crippen LogP contribution in [0, 0.1) is 6.92 Å². The maximum Gasteiger partial charge on any atom is 0.417 e. The molecule has 0 aliphatic heterocycles. The fourth-order valence-corrected chi connectivity index (χ4v) is 1.14. The van der Waals surface area contributed by atoms with E-state index in [1.165, 1.54) is 6.92 Å². The SMILES string of the molecule is CCOC(=O)c1ncc(C(F)(F)F)cc1C. The molecule has 0 spiro atoms. The van der Waals surface area contributed by atoms with E-state index in [0.29, 0.717) is 6.20 Å². The average molecular weight is 233 g/mol. The third-order valence-electron chi connectivity index (χ3n) is 1.87. The van der Waals surface area contributed by atoms with Gasteiger partial charge in [0.2, 0.25) is 0 Å². The number of carbonyl (C=O) groups is 1. The molecule has 16 heavy (non-hydrogen) atoms. The van der Waals surface area contributed by atoms with E-state index in [1.54, 1.807) is 6.92 Å². The lowest BCUT2D eigenvalue weighted by Gasteiger charge is -2.09. The van der Waals surface area contributed by atoms with Crippen LogP contribution >= 0.6 is 0 Å². The van der Waals surface area contributed by atoms with Gasteiger partial charge in [0.25, 0.3) is 0 Å². The van der Waals surface area contributed by atoms with E-state index >= 15 is 0 Å². The monoisotopic (exact) mass is 233 g/mol. The molecule has 88 valence electrons. The van der Waals surface area contributed by atoms with Crippen molar-refractivity contribution < 1.29 is 22.7 Å². The molecular formula is C10H10F3NO2. The van der Waals surface area contributed by atoms with Crippen molar-refractivity contribution in [1.82, 2.24) is 4.98 Å². The molecule has 6 heteroatoms. The van der Waals surface area contributed by atoms with Gasteiger partial charge < -0.3 is 4.74 Å². The number of aromatic nitrogens is 1. The zero-order chi connectivity index (χ0) is 12.3. The first-order valence-corrected chi connectivity index (χ1v) is 4.57. The van der Waals surface area contributed by atoms with Crippen LogP contribution in [0.4, 0.5) is 13.2 Å². The molecule has 0 fully saturated rings. The van der Waals surface area contributed by atoms with Crippen LogP contribution in [0.2, 0.25) is 0 Å². The summed E-state index contributed by atoms with van der Waals surface area (Å²) in [6, 6.07) is 0.874. The lowest BCUT2D eigenvalue weighted by atomic mass is 10.1. The Bertz CT molecular complexity index is 402. The Morgan fingerprint density at radius 2 is 2.12 bits per heavy atom. The maximum atomic E-state index is 12.3. The largest absolute Gasteiger partial charge is 0.461 e. The number of nitrogens with zero attached hydrogens (tertiary/aromatic N) is 1. The summed E-state index contributed by atoms with van der Waals surface area (Å²) < 4.78 is 41.5. The molecule has 0 amide bonds. The number of rotatable bonds is 2. The van der Waals surface area contributed by atoms with Crippen LogP contribution in [0.15, 0.2) is 12.3 Å². The smallest absolute Gasteiger partial charge is 0.417 e. The summed E-state index contributed by atoms with van der Waals surface area (Å²) in [6.45, 7) is 3.15. The molecule has 0 atom stereocenters. The zero-order valence-electron chi connectivity index (χ0n) is 8.76. The number of hydrogen-bond acceptors (Lipinski definition) is 3. The second kappa shape index (κ2) is 4.51. The van der Waals surface area contributed by atoms with Crippen LogP contribution in [0.25, 0.3) is 0 Å². The molecule has 3 nitrogen and oxygen atoms in total. The van der Waals surface area contributed by atoms with Crippen molar-refractivity contribution in [3.05, 3.63) is 29.1 Å². The Labute approximate surface area is 90.2 Å². The minimum atomic E-state index is -4.45. The predicted molar refractivity (Wildman–Crippen MR) is 49.9 cm³/mol. The number of pyridine rings is 1. The predicted octanol–water partition coefficient (Wildman–Crippen LogP) is 2.59. The van der Waals surface area contributed by atoms with Crippen LogP contribution in [0.5, 0.6) is 0 Å². The normalized spacial score (nSPS) is 11.3. The minimum absolute atomic E-state index is 0.0881. The Hall–Kier alpha value is -1.59. The van der Waals surface area contributed by atoms with Crippen LogP contribution < -0.4 is 0 Å². The first-order chi connectivity index (χ1) is 7.36. The van der Waals surface area contributed by atoms with Gasteiger partial charge in [-0.15, -0.1) is 0 Å². The van der Waals surface area contributed by atoms with Crippen molar-refractivity contribution in [1.29, 1.82) is 0 Å². The standard InChI is InChI=1S/C10H10F3NO2/c1-3-16-9(15)8-6(2)4-7(5-14-8)10(11,12)13/h4-5H,3H2,1-2H3. The van der Waals surface area contributed by atoms with Gasteiger partial charge in [-0.1, -0.05) is 0 Å². The van der Waals surface area contributed by atoms with Crippen molar-refractivity contribution in [2.24, 2.45) is 0 Å². The molecule has 0 bridgehead atoms. The quantitative estimate of drug-likeness (QED) is 0.737. The molecule has 0 aromatic carbocycles. The van der Waals surface area contributed by atoms with Gasteiger partial charge in [-0.2, -0.15) is 13.2 Å². The van der Waals surface area contributed by atoms with E-state index < -0.39 is 17.7 Å². The summed E-state index contributed by atoms with van der Waals surface area (Å²) in [7, 11) is 0. The summed E-state index contributed by atoms with van der Waals surface area (Å²) >= 11 is 0. The van der Waals surface area contributed by atoms with Gasteiger partial charge in [-0.05, 0) is 25.5 Å². The Kier molecular flexibility index (Phi) is 3.51. The third kappa shape index (κ3) is 2.71. The molecule has 0 N–H and O–H groups in total. The second-order valence-corrected chi connectivity index (χ2v) is 3.11. The highest BCUT2D eigenvalue weighted by Gasteiger charge is 2.31. The number of carbonyl (C=O) groups excluding carboxylic acids is 1. The highest BCUT2D eigenvalue weighted by atomic mass is 19.4. The molecule has 0 aliphatic rings. The second-order valence-electron chi connectivity index (χ2n) is 3.11. The Morgan fingerprint density at radius 1 is 1.50 bits per heavy atom. The number of aryl methyl sites for hydroxylation is 1. The van der Waals surface area contributed by atoms with Gasteiger partial charge in [-0.25, -0.2) is 9.78 Å². The lowest BCUT2D eigenvalue weighted by Crippen LogP contribution is -2.12. The van der Waals surface area contributed by atoms with E-state index in [9.17, 15) is 18.0 Å². The molecule has 0 radical (unpaired) electrons. The molecule has 1 rings (SSSR count). The van der Waals surface area contributed by atoms with Gasteiger partial charge in [0, 0.05) is 6.20 Å². The van der Waals surface area contributed by atoms with Crippen molar-refractivity contribution in [2.45, 2.75) is 20.0 Å². The molecule has 0 aliphatic carbocycles. The van der Waals surface area contributed by atoms with Crippen molar-refractivity contribution in [3.63, 3.8) is 0 Å². The van der Waals surface area contributed by atoms with E-state index in [0.717, 1.165) is 6.07 Å². The molecule has 0 unspecified atom stereocenters. The first kappa shape index (κ1) is 12.5. The minimum Gasteiger partial charge on any atom is -0.461 e. The first-order valence-electron chi connectivity index (χ1n) is 4.57. The van der Waals surface area contributed by atoms with Crippen LogP contribution in [-0.4, -0.2) is 17.6 Å². The van der Waals surface area contributed by atoms with Gasteiger partial charge >= 0.3 is 12.1 Å². The van der Waals surface area contributed by atoms with Crippen molar-refractivity contribution >= 4 is 5.97 Å². The maximum absolute atomic E-state index is 12.3. The zero-order valence-corrected chi connectivity index (χ0v) is 8.76. The van der Waals surface area contributed by atoms with Gasteiger partial charge in [0.15, 0.2) is 5.69 Å². The Balaban J connectivity index is 3.05. The molecule has 0 saturated heterocycles. The molecule has 1 aromatic rings. The van der Waals surface area contributed by atoms with Crippen LogP contribution in [0.3, 0.4) is 0 Å². The number of halogens is 3. The van der Waals surface area contributed by atoms with E-state index in [2.05, 4.69) is 9.72 Å². The van der Waals surface area contributed by atoms with Crippen molar-refractivity contribution in [2.75, 3.05) is 6.61 Å². The molecular weight excluding hydrogens is 223 g/mol. The fraction of sp³-hybridized carbons (Fsp3) is 0.400. The molecule has 1 aromatic heterocycles. The summed E-state index contributed by atoms with van der Waals surface area (Å²) in [6.07, 6.45) is -3.83. The highest BCUT2D eigenvalue weighted by Crippen LogP contribution is 2.29. The van der Waals surface area contributed by atoms with Crippen molar-refractivity contribution in [3.8, 4) is 0 Å². The average Bonchev–Trinajstić information content (AvgIpc) is 2.16. The summed E-state index contributed by atoms with van der Waals surface area (Å²) in [5.41, 5.74) is -0.818. The fourth-order valence-electron chi connectivity index (χ4n) is 1.14. The van der Waals surface area contributed by atoms with Gasteiger partial charge in [0.05, 0.1) is 12.2 Å². The van der Waals surface area contributed by atoms with Gasteiger partial charge in [0.1, 0.15) is 0 Å². The van der Waals surface area contributed by atoms with E-state index in [1.807, 2.05) is 0 Å². The number of ether oxygens (including phenoxy) is 1. The highest BCUT2D eigenvalue weighted by molar-refractivity contribution is 5.88. The summed E-state index contributed by atoms with van der Waals surface area (Å²) in [5.74, 6) is -0.714. The number of hydrogen-bond donors (Lipinski definition) is 0. The lowest BCUT2D eigenvalue weighted by molar-refractivity contribution is -0.137. The summed E-state index contributed by atoms with van der Waals surface area (Å²) in [5, 5.41) is 0. The topological polar surface area (TPSA) is 39.2 Å². The third-order valence-corrected chi connectivity index (χ3v) is 1.87. The molecule has 0 saturated carbocycles.